The molecule has 0 radical (unpaired) electrons. The topological polar surface area (TPSA) is 46.9 Å². The van der Waals surface area contributed by atoms with E-state index in [1.807, 2.05) is 0 Å². The Hall–Kier alpha value is -0.160. The van der Waals surface area contributed by atoms with E-state index < -0.39 is 6.10 Å². The first-order valence-electron chi connectivity index (χ1n) is 7.41. The summed E-state index contributed by atoms with van der Waals surface area (Å²) < 4.78 is 0. The van der Waals surface area contributed by atoms with Gasteiger partial charge in [0, 0.05) is 13.1 Å². The van der Waals surface area contributed by atoms with Crippen LogP contribution in [-0.2, 0) is 0 Å². The van der Waals surface area contributed by atoms with E-state index in [0.29, 0.717) is 12.0 Å². The van der Waals surface area contributed by atoms with Crippen LogP contribution in [0.1, 0.15) is 32.6 Å². The third-order valence-corrected chi connectivity index (χ3v) is 4.78. The Bertz CT molecular complexity index is 252. The molecule has 1 atom stereocenters. The van der Waals surface area contributed by atoms with Crippen molar-refractivity contribution in [2.75, 3.05) is 45.9 Å². The predicted molar refractivity (Wildman–Crippen MR) is 72.5 cm³/mol. The first-order chi connectivity index (χ1) is 8.67. The summed E-state index contributed by atoms with van der Waals surface area (Å²) >= 11 is 0. The van der Waals surface area contributed by atoms with Crippen molar-refractivity contribution in [2.45, 2.75) is 38.7 Å². The standard InChI is InChI=1S/C14H28N2O2/c1-2-15-8-5-14(6-9-15)4-3-7-16(12-14)10-13(18)11-17/h13,17-18H,2-12H2,1H3. The Morgan fingerprint density at radius 1 is 1.11 bits per heavy atom. The smallest absolute Gasteiger partial charge is 0.0897 e. The molecule has 2 rings (SSSR count). The Balaban J connectivity index is 1.86. The van der Waals surface area contributed by atoms with Gasteiger partial charge in [-0.15, -0.1) is 0 Å². The van der Waals surface area contributed by atoms with Gasteiger partial charge in [-0.1, -0.05) is 6.92 Å². The molecule has 0 saturated carbocycles. The number of hydrogen-bond acceptors (Lipinski definition) is 4. The van der Waals surface area contributed by atoms with E-state index in [9.17, 15) is 5.11 Å². The number of β-amino-alcohol motifs (C(OH)–C–C–N with tert-alkyl or cyclic N) is 1. The van der Waals surface area contributed by atoms with Gasteiger partial charge in [0.1, 0.15) is 0 Å². The maximum absolute atomic E-state index is 9.58. The van der Waals surface area contributed by atoms with E-state index in [-0.39, 0.29) is 6.61 Å². The van der Waals surface area contributed by atoms with E-state index in [0.717, 1.165) is 13.1 Å². The lowest BCUT2D eigenvalue weighted by Crippen LogP contribution is -2.51. The van der Waals surface area contributed by atoms with Gasteiger partial charge in [0.15, 0.2) is 0 Å². The molecular formula is C14H28N2O2. The highest BCUT2D eigenvalue weighted by atomic mass is 16.3. The Morgan fingerprint density at radius 3 is 2.44 bits per heavy atom. The van der Waals surface area contributed by atoms with Crippen molar-refractivity contribution in [3.8, 4) is 0 Å². The SMILES string of the molecule is CCN1CCC2(CCCN(CC(O)CO)C2)CC1. The maximum Gasteiger partial charge on any atom is 0.0897 e. The van der Waals surface area contributed by atoms with Gasteiger partial charge in [0.2, 0.25) is 0 Å². The summed E-state index contributed by atoms with van der Waals surface area (Å²) in [6.45, 7) is 8.58. The third-order valence-electron chi connectivity index (χ3n) is 4.78. The van der Waals surface area contributed by atoms with Gasteiger partial charge in [0.05, 0.1) is 12.7 Å². The maximum atomic E-state index is 9.58. The second kappa shape index (κ2) is 6.33. The van der Waals surface area contributed by atoms with Crippen LogP contribution in [0.5, 0.6) is 0 Å². The molecule has 2 N–H and O–H groups in total. The molecule has 1 unspecified atom stereocenters. The van der Waals surface area contributed by atoms with Crippen molar-refractivity contribution < 1.29 is 10.2 Å². The van der Waals surface area contributed by atoms with E-state index in [2.05, 4.69) is 16.7 Å². The second-order valence-corrected chi connectivity index (χ2v) is 6.11. The molecule has 0 aromatic heterocycles. The van der Waals surface area contributed by atoms with Crippen LogP contribution in [0.15, 0.2) is 0 Å². The van der Waals surface area contributed by atoms with Crippen LogP contribution in [0.2, 0.25) is 0 Å². The van der Waals surface area contributed by atoms with Gasteiger partial charge in [-0.2, -0.15) is 0 Å². The normalized spacial score (nSPS) is 27.5. The zero-order chi connectivity index (χ0) is 13.0. The number of rotatable bonds is 4. The van der Waals surface area contributed by atoms with Gasteiger partial charge in [-0.05, 0) is 57.3 Å². The summed E-state index contributed by atoms with van der Waals surface area (Å²) in [6.07, 6.45) is 4.61. The average Bonchev–Trinajstić information content (AvgIpc) is 2.40. The summed E-state index contributed by atoms with van der Waals surface area (Å²) in [7, 11) is 0. The summed E-state index contributed by atoms with van der Waals surface area (Å²) in [6, 6.07) is 0. The van der Waals surface area contributed by atoms with Gasteiger partial charge in [-0.3, -0.25) is 0 Å². The highest BCUT2D eigenvalue weighted by Crippen LogP contribution is 2.39. The first-order valence-corrected chi connectivity index (χ1v) is 7.41. The Morgan fingerprint density at radius 2 is 1.83 bits per heavy atom. The molecular weight excluding hydrogens is 228 g/mol. The zero-order valence-corrected chi connectivity index (χ0v) is 11.6. The van der Waals surface area contributed by atoms with Crippen molar-refractivity contribution in [3.63, 3.8) is 0 Å². The minimum atomic E-state index is -0.573. The Kier molecular flexibility index (Phi) is 5.01. The summed E-state index contributed by atoms with van der Waals surface area (Å²) in [4.78, 5) is 4.89. The zero-order valence-electron chi connectivity index (χ0n) is 11.6. The number of aliphatic hydroxyl groups is 2. The fourth-order valence-electron chi connectivity index (χ4n) is 3.57. The monoisotopic (exact) mass is 256 g/mol. The molecule has 4 nitrogen and oxygen atoms in total. The van der Waals surface area contributed by atoms with Gasteiger partial charge in [0.25, 0.3) is 0 Å². The molecule has 4 heteroatoms. The quantitative estimate of drug-likeness (QED) is 0.770. The van der Waals surface area contributed by atoms with Crippen LogP contribution >= 0.6 is 0 Å². The molecule has 0 aliphatic carbocycles. The fourth-order valence-corrected chi connectivity index (χ4v) is 3.57. The number of aliphatic hydroxyl groups excluding tert-OH is 2. The van der Waals surface area contributed by atoms with E-state index in [1.165, 1.54) is 45.3 Å². The number of piperidine rings is 2. The molecule has 2 aliphatic heterocycles. The summed E-state index contributed by atoms with van der Waals surface area (Å²) in [5, 5.41) is 18.5. The van der Waals surface area contributed by atoms with Crippen molar-refractivity contribution in [1.29, 1.82) is 0 Å². The summed E-state index contributed by atoms with van der Waals surface area (Å²) in [5.41, 5.74) is 0.485. The molecule has 2 heterocycles. The minimum absolute atomic E-state index is 0.118. The number of likely N-dealkylation sites (tertiary alicyclic amines) is 2. The average molecular weight is 256 g/mol. The van der Waals surface area contributed by atoms with Gasteiger partial charge in [-0.25, -0.2) is 0 Å². The molecule has 0 amide bonds. The summed E-state index contributed by atoms with van der Waals surface area (Å²) in [5.74, 6) is 0. The van der Waals surface area contributed by atoms with Crippen LogP contribution in [-0.4, -0.2) is 72.0 Å². The Labute approximate surface area is 111 Å². The van der Waals surface area contributed by atoms with E-state index >= 15 is 0 Å². The van der Waals surface area contributed by atoms with Crippen molar-refractivity contribution >= 4 is 0 Å². The number of hydrogen-bond donors (Lipinski definition) is 2. The third kappa shape index (κ3) is 3.44. The second-order valence-electron chi connectivity index (χ2n) is 6.11. The highest BCUT2D eigenvalue weighted by molar-refractivity contribution is 4.91. The van der Waals surface area contributed by atoms with Crippen molar-refractivity contribution in [3.05, 3.63) is 0 Å². The van der Waals surface area contributed by atoms with Gasteiger partial charge >= 0.3 is 0 Å². The highest BCUT2D eigenvalue weighted by Gasteiger charge is 2.38. The van der Waals surface area contributed by atoms with Gasteiger partial charge < -0.3 is 20.0 Å². The van der Waals surface area contributed by atoms with E-state index in [4.69, 9.17) is 5.11 Å². The van der Waals surface area contributed by atoms with Crippen LogP contribution in [0.3, 0.4) is 0 Å². The molecule has 2 saturated heterocycles. The van der Waals surface area contributed by atoms with Crippen molar-refractivity contribution in [1.82, 2.24) is 9.80 Å². The number of nitrogens with zero attached hydrogens (tertiary/aromatic N) is 2. The van der Waals surface area contributed by atoms with Crippen LogP contribution in [0, 0.1) is 5.41 Å². The van der Waals surface area contributed by atoms with E-state index in [1.54, 1.807) is 0 Å². The molecule has 2 aliphatic rings. The lowest BCUT2D eigenvalue weighted by atomic mass is 9.72. The minimum Gasteiger partial charge on any atom is -0.394 e. The lowest BCUT2D eigenvalue weighted by molar-refractivity contribution is -0.00488. The van der Waals surface area contributed by atoms with Crippen molar-refractivity contribution in [2.24, 2.45) is 5.41 Å². The molecule has 1 spiro atoms. The van der Waals surface area contributed by atoms with Crippen LogP contribution in [0.4, 0.5) is 0 Å². The fraction of sp³-hybridized carbons (Fsp3) is 1.00. The predicted octanol–water partition coefficient (Wildman–Crippen LogP) is 0.537. The molecule has 2 fully saturated rings. The molecule has 0 aromatic rings. The molecule has 18 heavy (non-hydrogen) atoms. The van der Waals surface area contributed by atoms with Crippen LogP contribution < -0.4 is 0 Å². The molecule has 0 aromatic carbocycles. The lowest BCUT2D eigenvalue weighted by Gasteiger charge is -2.48. The molecule has 106 valence electrons. The van der Waals surface area contributed by atoms with Crippen LogP contribution in [0.25, 0.3) is 0 Å². The molecule has 0 bridgehead atoms. The first kappa shape index (κ1) is 14.3. The largest absolute Gasteiger partial charge is 0.394 e.